The Morgan fingerprint density at radius 1 is 1.22 bits per heavy atom. The van der Waals surface area contributed by atoms with Gasteiger partial charge >= 0.3 is 0 Å². The summed E-state index contributed by atoms with van der Waals surface area (Å²) in [6.45, 7) is 3.40. The number of rotatable bonds is 1. The third-order valence-corrected chi connectivity index (χ3v) is 2.16. The van der Waals surface area contributed by atoms with E-state index in [0.717, 1.165) is 12.8 Å². The molecule has 1 aliphatic carbocycles. The Morgan fingerprint density at radius 2 is 1.78 bits per heavy atom. The van der Waals surface area contributed by atoms with Crippen LogP contribution in [0, 0.1) is 12.8 Å². The van der Waals surface area contributed by atoms with Gasteiger partial charge in [0.2, 0.25) is 0 Å². The van der Waals surface area contributed by atoms with Gasteiger partial charge in [-0.2, -0.15) is 0 Å². The van der Waals surface area contributed by atoms with Gasteiger partial charge in [-0.05, 0) is 25.7 Å². The number of alkyl halides is 1. The third-order valence-electron chi connectivity index (χ3n) is 2.16. The molecule has 0 saturated heterocycles. The van der Waals surface area contributed by atoms with Crippen LogP contribution in [-0.4, -0.2) is 6.17 Å². The van der Waals surface area contributed by atoms with E-state index in [1.807, 2.05) is 0 Å². The number of hydrogen-bond donors (Lipinski definition) is 0. The monoisotopic (exact) mass is 129 g/mol. The van der Waals surface area contributed by atoms with E-state index in [1.54, 1.807) is 0 Å². The maximum absolute atomic E-state index is 12.5. The minimum atomic E-state index is -0.815. The van der Waals surface area contributed by atoms with E-state index in [2.05, 4.69) is 6.92 Å². The SMILES string of the molecule is [CH2]C(F)C1CCCCC1. The summed E-state index contributed by atoms with van der Waals surface area (Å²) in [6, 6.07) is 0. The normalized spacial score (nSPS) is 26.0. The predicted molar refractivity (Wildman–Crippen MR) is 36.8 cm³/mol. The average Bonchev–Trinajstić information content (AvgIpc) is 1.90. The van der Waals surface area contributed by atoms with Crippen LogP contribution < -0.4 is 0 Å². The molecule has 1 saturated carbocycles. The summed E-state index contributed by atoms with van der Waals surface area (Å²) in [6.07, 6.45) is 5.02. The van der Waals surface area contributed by atoms with Gasteiger partial charge in [-0.15, -0.1) is 0 Å². The lowest BCUT2D eigenvalue weighted by Gasteiger charge is -2.22. The van der Waals surface area contributed by atoms with Gasteiger partial charge in [0, 0.05) is 0 Å². The molecule has 1 rings (SSSR count). The fraction of sp³-hybridized carbons (Fsp3) is 0.875. The third kappa shape index (κ3) is 1.96. The molecule has 0 N–H and O–H groups in total. The second-order valence-electron chi connectivity index (χ2n) is 2.91. The van der Waals surface area contributed by atoms with E-state index in [1.165, 1.54) is 19.3 Å². The summed E-state index contributed by atoms with van der Waals surface area (Å²) < 4.78 is 12.5. The molecule has 1 heteroatoms. The van der Waals surface area contributed by atoms with Gasteiger partial charge in [-0.25, -0.2) is 4.39 Å². The van der Waals surface area contributed by atoms with Gasteiger partial charge < -0.3 is 0 Å². The van der Waals surface area contributed by atoms with Crippen molar-refractivity contribution in [1.29, 1.82) is 0 Å². The topological polar surface area (TPSA) is 0 Å². The highest BCUT2D eigenvalue weighted by Gasteiger charge is 2.18. The van der Waals surface area contributed by atoms with E-state index in [4.69, 9.17) is 0 Å². The zero-order valence-corrected chi connectivity index (χ0v) is 5.78. The summed E-state index contributed by atoms with van der Waals surface area (Å²) in [5.74, 6) is 0.277. The first-order chi connectivity index (χ1) is 4.30. The molecule has 1 fully saturated rings. The quantitative estimate of drug-likeness (QED) is 0.510. The van der Waals surface area contributed by atoms with Crippen molar-refractivity contribution in [3.05, 3.63) is 6.92 Å². The van der Waals surface area contributed by atoms with E-state index in [0.29, 0.717) is 0 Å². The standard InChI is InChI=1S/C8H14F/c1-7(9)8-5-3-2-4-6-8/h7-8H,1-6H2. The second kappa shape index (κ2) is 3.19. The Morgan fingerprint density at radius 3 is 2.11 bits per heavy atom. The van der Waals surface area contributed by atoms with Gasteiger partial charge in [0.15, 0.2) is 0 Å². The highest BCUT2D eigenvalue weighted by Crippen LogP contribution is 2.27. The van der Waals surface area contributed by atoms with Crippen LogP contribution >= 0.6 is 0 Å². The van der Waals surface area contributed by atoms with Gasteiger partial charge in [-0.3, -0.25) is 0 Å². The van der Waals surface area contributed by atoms with E-state index < -0.39 is 6.17 Å². The van der Waals surface area contributed by atoms with Crippen molar-refractivity contribution >= 4 is 0 Å². The molecule has 1 atom stereocenters. The van der Waals surface area contributed by atoms with Crippen LogP contribution in [0.5, 0.6) is 0 Å². The summed E-state index contributed by atoms with van der Waals surface area (Å²) in [5, 5.41) is 0. The molecule has 53 valence electrons. The van der Waals surface area contributed by atoms with Gasteiger partial charge in [0.25, 0.3) is 0 Å². The molecule has 0 nitrogen and oxygen atoms in total. The van der Waals surface area contributed by atoms with Crippen LogP contribution in [-0.2, 0) is 0 Å². The predicted octanol–water partition coefficient (Wildman–Crippen LogP) is 2.74. The minimum absolute atomic E-state index is 0.277. The molecule has 1 unspecified atom stereocenters. The molecule has 0 aromatic rings. The Hall–Kier alpha value is -0.0700. The Balaban J connectivity index is 2.23. The van der Waals surface area contributed by atoms with Gasteiger partial charge in [-0.1, -0.05) is 19.3 Å². The number of halogens is 1. The van der Waals surface area contributed by atoms with Crippen LogP contribution in [0.15, 0.2) is 0 Å². The van der Waals surface area contributed by atoms with Crippen molar-refractivity contribution in [3.63, 3.8) is 0 Å². The molecule has 0 heterocycles. The number of hydrogen-bond acceptors (Lipinski definition) is 0. The highest BCUT2D eigenvalue weighted by molar-refractivity contribution is 4.74. The van der Waals surface area contributed by atoms with Gasteiger partial charge in [0.1, 0.15) is 6.17 Å². The van der Waals surface area contributed by atoms with Crippen molar-refractivity contribution in [3.8, 4) is 0 Å². The molecule has 0 spiro atoms. The maximum atomic E-state index is 12.5. The summed E-state index contributed by atoms with van der Waals surface area (Å²) in [4.78, 5) is 0. The molecular formula is C8H14F. The second-order valence-corrected chi connectivity index (χ2v) is 2.91. The first-order valence-electron chi connectivity index (χ1n) is 3.78. The van der Waals surface area contributed by atoms with E-state index in [9.17, 15) is 4.39 Å². The molecule has 9 heavy (non-hydrogen) atoms. The Labute approximate surface area is 56.5 Å². The molecule has 0 aromatic heterocycles. The van der Waals surface area contributed by atoms with Crippen molar-refractivity contribution < 1.29 is 4.39 Å². The van der Waals surface area contributed by atoms with E-state index >= 15 is 0 Å². The average molecular weight is 129 g/mol. The largest absolute Gasteiger partial charge is 0.247 e. The molecule has 0 bridgehead atoms. The van der Waals surface area contributed by atoms with Crippen molar-refractivity contribution in [2.75, 3.05) is 0 Å². The van der Waals surface area contributed by atoms with Crippen LogP contribution in [0.2, 0.25) is 0 Å². The fourth-order valence-electron chi connectivity index (χ4n) is 1.50. The highest BCUT2D eigenvalue weighted by atomic mass is 19.1. The molecule has 0 aliphatic heterocycles. The summed E-state index contributed by atoms with van der Waals surface area (Å²) in [7, 11) is 0. The Kier molecular flexibility index (Phi) is 2.49. The fourth-order valence-corrected chi connectivity index (χ4v) is 1.50. The van der Waals surface area contributed by atoms with Crippen LogP contribution in [0.3, 0.4) is 0 Å². The van der Waals surface area contributed by atoms with E-state index in [-0.39, 0.29) is 5.92 Å². The molecule has 1 aliphatic rings. The zero-order valence-electron chi connectivity index (χ0n) is 5.78. The summed E-state index contributed by atoms with van der Waals surface area (Å²) in [5.41, 5.74) is 0. The van der Waals surface area contributed by atoms with Crippen LogP contribution in [0.25, 0.3) is 0 Å². The lowest BCUT2D eigenvalue weighted by Crippen LogP contribution is -2.15. The zero-order chi connectivity index (χ0) is 6.69. The van der Waals surface area contributed by atoms with Crippen LogP contribution in [0.1, 0.15) is 32.1 Å². The Bertz CT molecular complexity index is 72.6. The first-order valence-corrected chi connectivity index (χ1v) is 3.78. The maximum Gasteiger partial charge on any atom is 0.103 e. The van der Waals surface area contributed by atoms with Gasteiger partial charge in [0.05, 0.1) is 0 Å². The lowest BCUT2D eigenvalue weighted by molar-refractivity contribution is 0.219. The minimum Gasteiger partial charge on any atom is -0.247 e. The smallest absolute Gasteiger partial charge is 0.103 e. The van der Waals surface area contributed by atoms with Crippen molar-refractivity contribution in [2.24, 2.45) is 5.92 Å². The molecule has 0 aromatic carbocycles. The van der Waals surface area contributed by atoms with Crippen LogP contribution in [0.4, 0.5) is 4.39 Å². The molecule has 0 amide bonds. The molecular weight excluding hydrogens is 115 g/mol. The lowest BCUT2D eigenvalue weighted by atomic mass is 9.87. The van der Waals surface area contributed by atoms with Crippen molar-refractivity contribution in [2.45, 2.75) is 38.3 Å². The summed E-state index contributed by atoms with van der Waals surface area (Å²) >= 11 is 0. The van der Waals surface area contributed by atoms with Crippen molar-refractivity contribution in [1.82, 2.24) is 0 Å². The first kappa shape index (κ1) is 7.04. The molecule has 1 radical (unpaired) electrons.